The predicted octanol–water partition coefficient (Wildman–Crippen LogP) is 3.49. The van der Waals surface area contributed by atoms with Gasteiger partial charge < -0.3 is 10.4 Å². The van der Waals surface area contributed by atoms with E-state index in [9.17, 15) is 13.2 Å². The number of nitrogens with one attached hydrogen (secondary N) is 1. The van der Waals surface area contributed by atoms with Crippen molar-refractivity contribution in [3.05, 3.63) is 89.8 Å². The molecule has 9 nitrogen and oxygen atoms in total. The molecule has 11 heteroatoms. The van der Waals surface area contributed by atoms with Gasteiger partial charge in [-0.1, -0.05) is 30.3 Å². The summed E-state index contributed by atoms with van der Waals surface area (Å²) in [5.74, 6) is -0.666. The summed E-state index contributed by atoms with van der Waals surface area (Å²) in [7, 11) is -3.88. The first-order valence-corrected chi connectivity index (χ1v) is 12.5. The second-order valence-corrected chi connectivity index (χ2v) is 10.1. The zero-order chi connectivity index (χ0) is 24.0. The molecule has 0 aliphatic rings. The monoisotopic (exact) mass is 495 g/mol. The molecular weight excluding hydrogens is 474 g/mol. The van der Waals surface area contributed by atoms with Crippen molar-refractivity contribution in [1.82, 2.24) is 19.3 Å². The summed E-state index contributed by atoms with van der Waals surface area (Å²) < 4.78 is 28.2. The van der Waals surface area contributed by atoms with Gasteiger partial charge in [0.2, 0.25) is 10.0 Å². The largest absolute Gasteiger partial charge is 0.480 e. The third-order valence-electron chi connectivity index (χ3n) is 4.83. The zero-order valence-electron chi connectivity index (χ0n) is 17.9. The molecule has 0 fully saturated rings. The number of nitrogens with zero attached hydrogens (tertiary/aromatic N) is 4. The molecule has 0 radical (unpaired) electrons. The van der Waals surface area contributed by atoms with Gasteiger partial charge in [-0.2, -0.15) is 4.31 Å². The molecule has 0 bridgehead atoms. The summed E-state index contributed by atoms with van der Waals surface area (Å²) in [6.07, 6.45) is 4.56. The maximum atomic E-state index is 13.5. The van der Waals surface area contributed by atoms with Crippen molar-refractivity contribution < 1.29 is 18.3 Å². The summed E-state index contributed by atoms with van der Waals surface area (Å²) >= 11 is 1.53. The standard InChI is InChI=1S/C23H21N5O4S2/c29-22(30)14-26-21-5-1-3-19(27-21)16-28(34(31,32)20-4-2-10-24-13-20)15-17-6-8-18(9-7-17)23-25-11-12-33-23/h1-13H,14-16H2,(H,26,27)(H,29,30). The van der Waals surface area contributed by atoms with Crippen molar-refractivity contribution in [1.29, 1.82) is 0 Å². The van der Waals surface area contributed by atoms with Crippen LogP contribution in [0.1, 0.15) is 11.3 Å². The van der Waals surface area contributed by atoms with Gasteiger partial charge in [0.25, 0.3) is 0 Å². The number of hydrogen-bond donors (Lipinski definition) is 2. The molecule has 174 valence electrons. The van der Waals surface area contributed by atoms with Crippen LogP contribution in [0.5, 0.6) is 0 Å². The van der Waals surface area contributed by atoms with E-state index in [1.54, 1.807) is 30.5 Å². The number of pyridine rings is 2. The number of carboxylic acid groups (broad SMARTS) is 1. The molecule has 0 saturated heterocycles. The van der Waals surface area contributed by atoms with Crippen molar-refractivity contribution in [2.75, 3.05) is 11.9 Å². The Bertz CT molecular complexity index is 1350. The first kappa shape index (κ1) is 23.5. The number of benzene rings is 1. The minimum atomic E-state index is -3.88. The van der Waals surface area contributed by atoms with Crippen molar-refractivity contribution in [2.24, 2.45) is 0 Å². The van der Waals surface area contributed by atoms with Gasteiger partial charge in [0, 0.05) is 36.1 Å². The molecule has 0 atom stereocenters. The minimum absolute atomic E-state index is 0.00590. The molecule has 0 saturated carbocycles. The molecule has 0 aliphatic heterocycles. The summed E-state index contributed by atoms with van der Waals surface area (Å²) in [5, 5.41) is 14.4. The Morgan fingerprint density at radius 1 is 1.03 bits per heavy atom. The van der Waals surface area contributed by atoms with Crippen LogP contribution in [0.3, 0.4) is 0 Å². The number of aromatic nitrogens is 3. The summed E-state index contributed by atoms with van der Waals surface area (Å²) in [6, 6.07) is 15.7. The number of sulfonamides is 1. The summed E-state index contributed by atoms with van der Waals surface area (Å²) in [5.41, 5.74) is 2.23. The molecule has 3 heterocycles. The maximum Gasteiger partial charge on any atom is 0.322 e. The molecule has 0 amide bonds. The Balaban J connectivity index is 1.61. The average Bonchev–Trinajstić information content (AvgIpc) is 3.39. The SMILES string of the molecule is O=C(O)CNc1cccc(CN(Cc2ccc(-c3nccs3)cc2)S(=O)(=O)c2cccnc2)n1. The predicted molar refractivity (Wildman–Crippen MR) is 129 cm³/mol. The quantitative estimate of drug-likeness (QED) is 0.342. The first-order chi connectivity index (χ1) is 16.4. The Kier molecular flexibility index (Phi) is 7.26. The summed E-state index contributed by atoms with van der Waals surface area (Å²) in [4.78, 5) is 23.5. The van der Waals surface area contributed by atoms with Crippen molar-refractivity contribution in [2.45, 2.75) is 18.0 Å². The van der Waals surface area contributed by atoms with E-state index in [4.69, 9.17) is 5.11 Å². The van der Waals surface area contributed by atoms with Gasteiger partial charge in [-0.3, -0.25) is 9.78 Å². The molecular formula is C23H21N5O4S2. The van der Waals surface area contributed by atoms with E-state index in [0.29, 0.717) is 11.5 Å². The number of aliphatic carboxylic acids is 1. The fraction of sp³-hybridized carbons (Fsp3) is 0.130. The van der Waals surface area contributed by atoms with E-state index in [1.165, 1.54) is 34.1 Å². The van der Waals surface area contributed by atoms with Crippen LogP contribution in [0.4, 0.5) is 5.82 Å². The van der Waals surface area contributed by atoms with E-state index < -0.39 is 16.0 Å². The number of rotatable bonds is 10. The molecule has 2 N–H and O–H groups in total. The van der Waals surface area contributed by atoms with E-state index in [0.717, 1.165) is 16.1 Å². The molecule has 4 aromatic rings. The fourth-order valence-corrected chi connectivity index (χ4v) is 5.22. The Hall–Kier alpha value is -3.67. The first-order valence-electron chi connectivity index (χ1n) is 10.2. The highest BCUT2D eigenvalue weighted by Crippen LogP contribution is 2.24. The molecule has 0 aliphatic carbocycles. The van der Waals surface area contributed by atoms with Gasteiger partial charge in [0.1, 0.15) is 22.3 Å². The smallest absolute Gasteiger partial charge is 0.322 e. The van der Waals surface area contributed by atoms with Gasteiger partial charge in [0.15, 0.2) is 0 Å². The lowest BCUT2D eigenvalue weighted by atomic mass is 10.1. The Labute approximate surface area is 200 Å². The number of hydrogen-bond acceptors (Lipinski definition) is 8. The number of thiazole rings is 1. The van der Waals surface area contributed by atoms with Crippen LogP contribution >= 0.6 is 11.3 Å². The van der Waals surface area contributed by atoms with Crippen LogP contribution in [-0.4, -0.2) is 45.3 Å². The highest BCUT2D eigenvalue weighted by Gasteiger charge is 2.26. The van der Waals surface area contributed by atoms with E-state index in [2.05, 4.69) is 20.3 Å². The number of carboxylic acids is 1. The Morgan fingerprint density at radius 2 is 1.85 bits per heavy atom. The minimum Gasteiger partial charge on any atom is -0.480 e. The lowest BCUT2D eigenvalue weighted by Gasteiger charge is -2.22. The van der Waals surface area contributed by atoms with Crippen LogP contribution in [0.2, 0.25) is 0 Å². The zero-order valence-corrected chi connectivity index (χ0v) is 19.5. The van der Waals surface area contributed by atoms with Crippen LogP contribution in [-0.2, 0) is 27.9 Å². The fourth-order valence-electron chi connectivity index (χ4n) is 3.21. The van der Waals surface area contributed by atoms with E-state index >= 15 is 0 Å². The van der Waals surface area contributed by atoms with Crippen LogP contribution < -0.4 is 5.32 Å². The summed E-state index contributed by atoms with van der Waals surface area (Å²) in [6.45, 7) is -0.183. The van der Waals surface area contributed by atoms with Gasteiger partial charge in [-0.15, -0.1) is 11.3 Å². The molecule has 0 spiro atoms. The van der Waals surface area contributed by atoms with Gasteiger partial charge in [0.05, 0.1) is 12.2 Å². The maximum absolute atomic E-state index is 13.5. The molecule has 1 aromatic carbocycles. The van der Waals surface area contributed by atoms with E-state index in [-0.39, 0.29) is 24.5 Å². The second-order valence-electron chi connectivity index (χ2n) is 7.26. The highest BCUT2D eigenvalue weighted by molar-refractivity contribution is 7.89. The number of anilines is 1. The third-order valence-corrected chi connectivity index (χ3v) is 7.43. The van der Waals surface area contributed by atoms with Gasteiger partial charge in [-0.25, -0.2) is 18.4 Å². The van der Waals surface area contributed by atoms with E-state index in [1.807, 2.05) is 29.6 Å². The van der Waals surface area contributed by atoms with Crippen molar-refractivity contribution >= 4 is 33.1 Å². The van der Waals surface area contributed by atoms with Crippen LogP contribution in [0, 0.1) is 0 Å². The molecule has 4 rings (SSSR count). The topological polar surface area (TPSA) is 125 Å². The van der Waals surface area contributed by atoms with Crippen molar-refractivity contribution in [3.63, 3.8) is 0 Å². The normalized spacial score (nSPS) is 11.4. The molecule has 0 unspecified atom stereocenters. The lowest BCUT2D eigenvalue weighted by Crippen LogP contribution is -2.30. The molecule has 34 heavy (non-hydrogen) atoms. The molecule has 3 aromatic heterocycles. The third kappa shape index (κ3) is 5.81. The van der Waals surface area contributed by atoms with Gasteiger partial charge >= 0.3 is 5.97 Å². The highest BCUT2D eigenvalue weighted by atomic mass is 32.2. The van der Waals surface area contributed by atoms with Crippen LogP contribution in [0.15, 0.2) is 83.5 Å². The van der Waals surface area contributed by atoms with Crippen LogP contribution in [0.25, 0.3) is 10.6 Å². The van der Waals surface area contributed by atoms with Crippen molar-refractivity contribution in [3.8, 4) is 10.6 Å². The number of carbonyl (C=O) groups is 1. The average molecular weight is 496 g/mol. The second kappa shape index (κ2) is 10.5. The lowest BCUT2D eigenvalue weighted by molar-refractivity contribution is -0.134. The Morgan fingerprint density at radius 3 is 2.53 bits per heavy atom. The van der Waals surface area contributed by atoms with Gasteiger partial charge in [-0.05, 0) is 29.8 Å².